The summed E-state index contributed by atoms with van der Waals surface area (Å²) < 4.78 is 41.7. The molecule has 6 heteroatoms. The first kappa shape index (κ1) is 20.8. The first-order chi connectivity index (χ1) is 15.3. The zero-order valence-corrected chi connectivity index (χ0v) is 18.8. The van der Waals surface area contributed by atoms with Crippen LogP contribution in [-0.4, -0.2) is 8.42 Å². The summed E-state index contributed by atoms with van der Waals surface area (Å²) in [5.41, 5.74) is 6.07. The molecule has 5 rings (SSSR count). The fourth-order valence-electron chi connectivity index (χ4n) is 4.87. The molecule has 164 valence electrons. The van der Waals surface area contributed by atoms with Crippen LogP contribution in [0.4, 0.5) is 15.8 Å². The zero-order valence-electron chi connectivity index (χ0n) is 18.0. The topological polar surface area (TPSA) is 58.2 Å². The number of benzene rings is 3. The van der Waals surface area contributed by atoms with E-state index in [1.807, 2.05) is 6.07 Å². The average molecular weight is 449 g/mol. The predicted molar refractivity (Wildman–Crippen MR) is 126 cm³/mol. The molecular formula is C26H25FN2O2S. The molecule has 0 bridgehead atoms. The second kappa shape index (κ2) is 7.78. The van der Waals surface area contributed by atoms with Gasteiger partial charge in [-0.2, -0.15) is 0 Å². The van der Waals surface area contributed by atoms with E-state index >= 15 is 0 Å². The number of allylic oxidation sites excluding steroid dienone is 2. The Morgan fingerprint density at radius 3 is 2.53 bits per heavy atom. The smallest absolute Gasteiger partial charge is 0.261 e. The Labute approximate surface area is 188 Å². The van der Waals surface area contributed by atoms with Gasteiger partial charge in [-0.15, -0.1) is 0 Å². The maximum atomic E-state index is 13.2. The summed E-state index contributed by atoms with van der Waals surface area (Å²) in [7, 11) is -3.79. The fraction of sp³-hybridized carbons (Fsp3) is 0.231. The van der Waals surface area contributed by atoms with E-state index in [-0.39, 0.29) is 16.9 Å². The Morgan fingerprint density at radius 1 is 0.969 bits per heavy atom. The number of sulfonamides is 1. The average Bonchev–Trinajstić information content (AvgIpc) is 3.26. The maximum Gasteiger partial charge on any atom is 0.261 e. The van der Waals surface area contributed by atoms with Crippen molar-refractivity contribution in [3.05, 3.63) is 101 Å². The molecule has 3 aromatic carbocycles. The number of rotatable bonds is 4. The van der Waals surface area contributed by atoms with E-state index in [0.29, 0.717) is 11.6 Å². The molecule has 2 aliphatic rings. The summed E-state index contributed by atoms with van der Waals surface area (Å²) in [6.07, 6.45) is 5.34. The Balaban J connectivity index is 1.50. The van der Waals surface area contributed by atoms with Gasteiger partial charge in [0.25, 0.3) is 10.0 Å². The Bertz CT molecular complexity index is 1320. The third-order valence-electron chi connectivity index (χ3n) is 6.51. The Morgan fingerprint density at radius 2 is 1.75 bits per heavy atom. The van der Waals surface area contributed by atoms with Gasteiger partial charge >= 0.3 is 0 Å². The van der Waals surface area contributed by atoms with Gasteiger partial charge in [-0.1, -0.05) is 35.9 Å². The summed E-state index contributed by atoms with van der Waals surface area (Å²) >= 11 is 0. The third-order valence-corrected chi connectivity index (χ3v) is 7.89. The lowest BCUT2D eigenvalue weighted by molar-refractivity contribution is 0.424. The monoisotopic (exact) mass is 448 g/mol. The molecular weight excluding hydrogens is 423 g/mol. The second-order valence-electron chi connectivity index (χ2n) is 8.70. The molecule has 3 atom stereocenters. The maximum absolute atomic E-state index is 13.2. The standard InChI is InChI=1S/C26H25FN2O2S/c1-16-6-7-17(2)23(14-16)26-22-5-3-4-21(22)24-15-20(12-13-25(24)28-26)32(30,31)29-19-10-8-18(27)9-11-19/h3-4,6-15,21-22,26,28-29H,5H2,1-2H3/t21-,22+,26-/m0/s1. The summed E-state index contributed by atoms with van der Waals surface area (Å²) in [4.78, 5) is 0.201. The van der Waals surface area contributed by atoms with Crippen LogP contribution in [0.25, 0.3) is 0 Å². The highest BCUT2D eigenvalue weighted by atomic mass is 32.2. The molecule has 2 N–H and O–H groups in total. The first-order valence-corrected chi connectivity index (χ1v) is 12.2. The molecule has 1 aliphatic carbocycles. The SMILES string of the molecule is Cc1ccc(C)c([C@H]2Nc3ccc(S(=O)(=O)Nc4ccc(F)cc4)cc3[C@H]3C=CC[C@H]32)c1. The van der Waals surface area contributed by atoms with Gasteiger partial charge < -0.3 is 5.32 Å². The Hall–Kier alpha value is -3.12. The normalized spacial score (nSPS) is 21.5. The van der Waals surface area contributed by atoms with Crippen molar-refractivity contribution >= 4 is 21.4 Å². The molecule has 0 fully saturated rings. The number of aryl methyl sites for hydroxylation is 2. The number of hydrogen-bond donors (Lipinski definition) is 2. The van der Waals surface area contributed by atoms with E-state index in [4.69, 9.17) is 0 Å². The number of halogens is 1. The zero-order chi connectivity index (χ0) is 22.5. The molecule has 1 aliphatic heterocycles. The largest absolute Gasteiger partial charge is 0.378 e. The lowest BCUT2D eigenvalue weighted by atomic mass is 9.76. The predicted octanol–water partition coefficient (Wildman–Crippen LogP) is 6.07. The molecule has 0 saturated heterocycles. The quantitative estimate of drug-likeness (QED) is 0.476. The second-order valence-corrected chi connectivity index (χ2v) is 10.4. The molecule has 0 unspecified atom stereocenters. The van der Waals surface area contributed by atoms with Crippen LogP contribution in [0.5, 0.6) is 0 Å². The summed E-state index contributed by atoms with van der Waals surface area (Å²) in [6, 6.07) is 17.2. The number of fused-ring (bicyclic) bond motifs is 3. The van der Waals surface area contributed by atoms with Gasteiger partial charge in [0, 0.05) is 17.3 Å². The van der Waals surface area contributed by atoms with Crippen molar-refractivity contribution in [1.29, 1.82) is 0 Å². The molecule has 1 heterocycles. The highest BCUT2D eigenvalue weighted by Crippen LogP contribution is 2.50. The van der Waals surface area contributed by atoms with Crippen molar-refractivity contribution in [3.8, 4) is 0 Å². The van der Waals surface area contributed by atoms with Crippen LogP contribution in [0.2, 0.25) is 0 Å². The van der Waals surface area contributed by atoms with Crippen molar-refractivity contribution in [2.45, 2.75) is 37.1 Å². The first-order valence-electron chi connectivity index (χ1n) is 10.7. The van der Waals surface area contributed by atoms with Crippen LogP contribution in [0.1, 0.15) is 40.6 Å². The summed E-state index contributed by atoms with van der Waals surface area (Å²) in [6.45, 7) is 4.25. The molecule has 0 amide bonds. The molecule has 3 aromatic rings. The molecule has 0 spiro atoms. The van der Waals surface area contributed by atoms with Crippen molar-refractivity contribution < 1.29 is 12.8 Å². The van der Waals surface area contributed by atoms with Gasteiger partial charge in [0.15, 0.2) is 0 Å². The van der Waals surface area contributed by atoms with Gasteiger partial charge in [0.2, 0.25) is 0 Å². The number of hydrogen-bond acceptors (Lipinski definition) is 3. The van der Waals surface area contributed by atoms with Crippen molar-refractivity contribution in [3.63, 3.8) is 0 Å². The van der Waals surface area contributed by atoms with E-state index in [1.54, 1.807) is 12.1 Å². The minimum atomic E-state index is -3.79. The molecule has 4 nitrogen and oxygen atoms in total. The minimum Gasteiger partial charge on any atom is -0.378 e. The fourth-order valence-corrected chi connectivity index (χ4v) is 5.97. The van der Waals surface area contributed by atoms with Crippen LogP contribution in [0, 0.1) is 25.6 Å². The van der Waals surface area contributed by atoms with Crippen LogP contribution in [0.3, 0.4) is 0 Å². The van der Waals surface area contributed by atoms with Crippen molar-refractivity contribution in [1.82, 2.24) is 0 Å². The highest BCUT2D eigenvalue weighted by molar-refractivity contribution is 7.92. The molecule has 32 heavy (non-hydrogen) atoms. The van der Waals surface area contributed by atoms with E-state index in [9.17, 15) is 12.8 Å². The minimum absolute atomic E-state index is 0.150. The molecule has 0 radical (unpaired) electrons. The van der Waals surface area contributed by atoms with Crippen LogP contribution >= 0.6 is 0 Å². The van der Waals surface area contributed by atoms with Crippen molar-refractivity contribution in [2.24, 2.45) is 5.92 Å². The summed E-state index contributed by atoms with van der Waals surface area (Å²) in [5.74, 6) is 0.0633. The van der Waals surface area contributed by atoms with E-state index < -0.39 is 15.8 Å². The summed E-state index contributed by atoms with van der Waals surface area (Å²) in [5, 5.41) is 3.69. The highest BCUT2D eigenvalue weighted by Gasteiger charge is 2.39. The van der Waals surface area contributed by atoms with Gasteiger partial charge in [-0.25, -0.2) is 12.8 Å². The number of anilines is 2. The van der Waals surface area contributed by atoms with Crippen LogP contribution in [-0.2, 0) is 10.0 Å². The van der Waals surface area contributed by atoms with Crippen molar-refractivity contribution in [2.75, 3.05) is 10.0 Å². The van der Waals surface area contributed by atoms with Gasteiger partial charge in [0.1, 0.15) is 5.82 Å². The van der Waals surface area contributed by atoms with Crippen LogP contribution in [0.15, 0.2) is 77.7 Å². The third kappa shape index (κ3) is 3.69. The van der Waals surface area contributed by atoms with Gasteiger partial charge in [-0.05, 0) is 85.3 Å². The van der Waals surface area contributed by atoms with E-state index in [2.05, 4.69) is 54.2 Å². The van der Waals surface area contributed by atoms with Gasteiger partial charge in [0.05, 0.1) is 10.9 Å². The lowest BCUT2D eigenvalue weighted by Crippen LogP contribution is -2.30. The number of nitrogens with one attached hydrogen (secondary N) is 2. The molecule has 0 saturated carbocycles. The lowest BCUT2D eigenvalue weighted by Gasteiger charge is -2.38. The Kier molecular flexibility index (Phi) is 5.05. The van der Waals surface area contributed by atoms with Crippen LogP contribution < -0.4 is 10.0 Å². The van der Waals surface area contributed by atoms with Gasteiger partial charge in [-0.3, -0.25) is 4.72 Å². The van der Waals surface area contributed by atoms with E-state index in [0.717, 1.165) is 17.7 Å². The van der Waals surface area contributed by atoms with E-state index in [1.165, 1.54) is 41.0 Å². The molecule has 0 aromatic heterocycles.